The van der Waals surface area contributed by atoms with Crippen LogP contribution in [0.4, 0.5) is 13.2 Å². The van der Waals surface area contributed by atoms with Crippen molar-refractivity contribution in [1.29, 1.82) is 0 Å². The maximum Gasteiger partial charge on any atom is 0.389 e. The first kappa shape index (κ1) is 15.8. The van der Waals surface area contributed by atoms with E-state index in [2.05, 4.69) is 26.1 Å². The standard InChI is InChI=1S/C12H24F3N/c1-5-11(9(2)3)16-10(4)7-6-8-12(13,14)15/h9-11,16H,5-8H2,1-4H3. The van der Waals surface area contributed by atoms with Gasteiger partial charge in [0.1, 0.15) is 0 Å². The molecule has 0 aliphatic rings. The van der Waals surface area contributed by atoms with Crippen molar-refractivity contribution in [3.8, 4) is 0 Å². The van der Waals surface area contributed by atoms with Crippen LogP contribution in [0.15, 0.2) is 0 Å². The van der Waals surface area contributed by atoms with E-state index < -0.39 is 12.6 Å². The second kappa shape index (κ2) is 7.15. The maximum atomic E-state index is 11.9. The molecule has 0 amide bonds. The highest BCUT2D eigenvalue weighted by atomic mass is 19.4. The molecule has 2 unspecified atom stereocenters. The molecule has 0 aliphatic heterocycles. The minimum atomic E-state index is -4.01. The number of nitrogens with one attached hydrogen (secondary N) is 1. The summed E-state index contributed by atoms with van der Waals surface area (Å²) in [6, 6.07) is 0.565. The molecule has 98 valence electrons. The van der Waals surface area contributed by atoms with Gasteiger partial charge in [-0.25, -0.2) is 0 Å². The highest BCUT2D eigenvalue weighted by Crippen LogP contribution is 2.22. The van der Waals surface area contributed by atoms with Crippen LogP contribution in [0.2, 0.25) is 0 Å². The van der Waals surface area contributed by atoms with Crippen molar-refractivity contribution in [2.45, 2.75) is 71.6 Å². The van der Waals surface area contributed by atoms with Crippen molar-refractivity contribution in [2.24, 2.45) is 5.92 Å². The SMILES string of the molecule is CCC(NC(C)CCCC(F)(F)F)C(C)C. The van der Waals surface area contributed by atoms with Gasteiger partial charge < -0.3 is 5.32 Å². The van der Waals surface area contributed by atoms with Crippen LogP contribution in [-0.2, 0) is 0 Å². The molecule has 1 nitrogen and oxygen atoms in total. The van der Waals surface area contributed by atoms with Gasteiger partial charge in [0.05, 0.1) is 0 Å². The molecule has 0 fully saturated rings. The van der Waals surface area contributed by atoms with Crippen LogP contribution < -0.4 is 5.32 Å². The summed E-state index contributed by atoms with van der Waals surface area (Å²) < 4.78 is 35.8. The number of hydrogen-bond acceptors (Lipinski definition) is 1. The molecule has 0 aromatic heterocycles. The summed E-state index contributed by atoms with van der Waals surface area (Å²) in [4.78, 5) is 0. The molecule has 16 heavy (non-hydrogen) atoms. The fraction of sp³-hybridized carbons (Fsp3) is 1.00. The Morgan fingerprint density at radius 1 is 1.12 bits per heavy atom. The first-order chi connectivity index (χ1) is 7.26. The van der Waals surface area contributed by atoms with E-state index >= 15 is 0 Å². The summed E-state index contributed by atoms with van der Waals surface area (Å²) in [7, 11) is 0. The number of rotatable bonds is 7. The summed E-state index contributed by atoms with van der Waals surface area (Å²) >= 11 is 0. The molecule has 0 spiro atoms. The van der Waals surface area contributed by atoms with Crippen LogP contribution in [0.1, 0.15) is 53.4 Å². The first-order valence-electron chi connectivity index (χ1n) is 6.09. The van der Waals surface area contributed by atoms with E-state index in [0.29, 0.717) is 18.4 Å². The predicted octanol–water partition coefficient (Wildman–Crippen LogP) is 4.13. The lowest BCUT2D eigenvalue weighted by Crippen LogP contribution is -2.39. The monoisotopic (exact) mass is 239 g/mol. The highest BCUT2D eigenvalue weighted by Gasteiger charge is 2.26. The molecule has 0 saturated heterocycles. The molecule has 0 aromatic rings. The zero-order valence-corrected chi connectivity index (χ0v) is 10.7. The Balaban J connectivity index is 3.77. The first-order valence-corrected chi connectivity index (χ1v) is 6.09. The third kappa shape index (κ3) is 7.97. The average Bonchev–Trinajstić information content (AvgIpc) is 2.11. The lowest BCUT2D eigenvalue weighted by molar-refractivity contribution is -0.135. The zero-order chi connectivity index (χ0) is 12.8. The van der Waals surface area contributed by atoms with E-state index in [1.165, 1.54) is 0 Å². The van der Waals surface area contributed by atoms with Crippen LogP contribution in [-0.4, -0.2) is 18.3 Å². The topological polar surface area (TPSA) is 12.0 Å². The van der Waals surface area contributed by atoms with E-state index in [-0.39, 0.29) is 12.5 Å². The van der Waals surface area contributed by atoms with Crippen molar-refractivity contribution >= 4 is 0 Å². The largest absolute Gasteiger partial charge is 0.389 e. The zero-order valence-electron chi connectivity index (χ0n) is 10.7. The van der Waals surface area contributed by atoms with Crippen LogP contribution in [0, 0.1) is 5.92 Å². The molecule has 4 heteroatoms. The van der Waals surface area contributed by atoms with Crippen LogP contribution >= 0.6 is 0 Å². The van der Waals surface area contributed by atoms with Crippen LogP contribution in [0.5, 0.6) is 0 Å². The number of alkyl halides is 3. The molecule has 0 heterocycles. The smallest absolute Gasteiger partial charge is 0.311 e. The quantitative estimate of drug-likeness (QED) is 0.704. The fourth-order valence-corrected chi connectivity index (χ4v) is 1.84. The van der Waals surface area contributed by atoms with Gasteiger partial charge in [0.25, 0.3) is 0 Å². The summed E-state index contributed by atoms with van der Waals surface area (Å²) in [5.41, 5.74) is 0. The molecule has 0 rings (SSSR count). The van der Waals surface area contributed by atoms with Gasteiger partial charge >= 0.3 is 6.18 Å². The summed E-state index contributed by atoms with van der Waals surface area (Å²) in [5, 5.41) is 3.38. The molecule has 2 atom stereocenters. The molecule has 0 saturated carbocycles. The number of hydrogen-bond donors (Lipinski definition) is 1. The molecular weight excluding hydrogens is 215 g/mol. The van der Waals surface area contributed by atoms with E-state index in [1.807, 2.05) is 6.92 Å². The van der Waals surface area contributed by atoms with E-state index in [4.69, 9.17) is 0 Å². The van der Waals surface area contributed by atoms with Gasteiger partial charge in [-0.3, -0.25) is 0 Å². The Bertz CT molecular complexity index is 178. The Kier molecular flexibility index (Phi) is 7.04. The normalized spacial score (nSPS) is 16.5. The van der Waals surface area contributed by atoms with Crippen molar-refractivity contribution in [2.75, 3.05) is 0 Å². The highest BCUT2D eigenvalue weighted by molar-refractivity contribution is 4.73. The lowest BCUT2D eigenvalue weighted by atomic mass is 10.00. The van der Waals surface area contributed by atoms with Crippen LogP contribution in [0.25, 0.3) is 0 Å². The minimum absolute atomic E-state index is 0.162. The lowest BCUT2D eigenvalue weighted by Gasteiger charge is -2.25. The molecule has 0 radical (unpaired) electrons. The maximum absolute atomic E-state index is 11.9. The molecule has 1 N–H and O–H groups in total. The third-order valence-electron chi connectivity index (χ3n) is 2.84. The molecule has 0 bridgehead atoms. The Labute approximate surface area is 96.8 Å². The summed E-state index contributed by atoms with van der Waals surface area (Å²) in [6.45, 7) is 8.31. The second-order valence-corrected chi connectivity index (χ2v) is 4.83. The molecule has 0 aliphatic carbocycles. The predicted molar refractivity (Wildman–Crippen MR) is 61.4 cm³/mol. The van der Waals surface area contributed by atoms with Gasteiger partial charge in [-0.05, 0) is 32.1 Å². The Morgan fingerprint density at radius 3 is 2.06 bits per heavy atom. The van der Waals surface area contributed by atoms with Gasteiger partial charge in [-0.15, -0.1) is 0 Å². The van der Waals surface area contributed by atoms with E-state index in [0.717, 1.165) is 6.42 Å². The summed E-state index contributed by atoms with van der Waals surface area (Å²) in [6.07, 6.45) is -2.87. The van der Waals surface area contributed by atoms with E-state index in [9.17, 15) is 13.2 Å². The van der Waals surface area contributed by atoms with Gasteiger partial charge in [-0.1, -0.05) is 20.8 Å². The summed E-state index contributed by atoms with van der Waals surface area (Å²) in [5.74, 6) is 0.523. The van der Waals surface area contributed by atoms with Gasteiger partial charge in [-0.2, -0.15) is 13.2 Å². The Morgan fingerprint density at radius 2 is 1.69 bits per heavy atom. The van der Waals surface area contributed by atoms with Gasteiger partial charge in [0, 0.05) is 18.5 Å². The van der Waals surface area contributed by atoms with Crippen molar-refractivity contribution in [3.05, 3.63) is 0 Å². The Hall–Kier alpha value is -0.250. The average molecular weight is 239 g/mol. The van der Waals surface area contributed by atoms with Gasteiger partial charge in [0.15, 0.2) is 0 Å². The number of halogens is 3. The third-order valence-corrected chi connectivity index (χ3v) is 2.84. The van der Waals surface area contributed by atoms with Crippen molar-refractivity contribution < 1.29 is 13.2 Å². The molecular formula is C12H24F3N. The van der Waals surface area contributed by atoms with Gasteiger partial charge in [0.2, 0.25) is 0 Å². The minimum Gasteiger partial charge on any atom is -0.311 e. The molecule has 0 aromatic carbocycles. The fourth-order valence-electron chi connectivity index (χ4n) is 1.84. The van der Waals surface area contributed by atoms with Crippen molar-refractivity contribution in [3.63, 3.8) is 0 Å². The van der Waals surface area contributed by atoms with Crippen molar-refractivity contribution in [1.82, 2.24) is 5.32 Å². The second-order valence-electron chi connectivity index (χ2n) is 4.83. The van der Waals surface area contributed by atoms with Crippen LogP contribution in [0.3, 0.4) is 0 Å². The van der Waals surface area contributed by atoms with E-state index in [1.54, 1.807) is 0 Å².